The standard InChI is InChI=1S/C32H51NO12/c1-14(4-7-22(36)33-13-23(37)38)17-5-6-18-24-19(12-21(35)32(17,18)3)31(2)9-8-16(10-15(31)11-20(24)34)44-30-27(41)25(39)26(40)28(45-30)29(42)43/h14-21,24-28,30,34-35,39-41H,4-13H2,1-3H3,(H,33,36)(H,37,38)(H,42,43)/t14-,15+,16-,17?,18+,19+,20-,21+,24+,25+,26+,27-,28+,30-,31+,32-/m1/s1. The van der Waals surface area contributed by atoms with E-state index in [0.717, 1.165) is 19.3 Å². The van der Waals surface area contributed by atoms with Gasteiger partial charge >= 0.3 is 11.9 Å². The molecule has 45 heavy (non-hydrogen) atoms. The van der Waals surface area contributed by atoms with Crippen LogP contribution in [-0.4, -0.2) is 109 Å². The Bertz CT molecular complexity index is 1120. The van der Waals surface area contributed by atoms with Crippen molar-refractivity contribution < 1.29 is 59.6 Å². The maximum Gasteiger partial charge on any atom is 0.335 e. The van der Waals surface area contributed by atoms with Crippen molar-refractivity contribution in [2.45, 2.75) is 128 Å². The summed E-state index contributed by atoms with van der Waals surface area (Å²) in [6, 6.07) is 0. The molecular weight excluding hydrogens is 590 g/mol. The van der Waals surface area contributed by atoms with Gasteiger partial charge < -0.3 is 50.5 Å². The van der Waals surface area contributed by atoms with E-state index in [-0.39, 0.29) is 53.3 Å². The van der Waals surface area contributed by atoms with Crippen LogP contribution in [0.3, 0.4) is 0 Å². The predicted molar refractivity (Wildman–Crippen MR) is 156 cm³/mol. The summed E-state index contributed by atoms with van der Waals surface area (Å²) in [5, 5.41) is 74.9. The van der Waals surface area contributed by atoms with Crippen LogP contribution in [0.15, 0.2) is 0 Å². The van der Waals surface area contributed by atoms with E-state index in [1.165, 1.54) is 0 Å². The number of aliphatic hydroxyl groups is 5. The van der Waals surface area contributed by atoms with Crippen LogP contribution in [0.5, 0.6) is 0 Å². The fraction of sp³-hybridized carbons (Fsp3) is 0.906. The Morgan fingerprint density at radius 3 is 2.31 bits per heavy atom. The van der Waals surface area contributed by atoms with Gasteiger partial charge in [-0.1, -0.05) is 20.8 Å². The van der Waals surface area contributed by atoms with Crippen LogP contribution < -0.4 is 5.32 Å². The van der Waals surface area contributed by atoms with Crippen LogP contribution in [0.2, 0.25) is 0 Å². The molecule has 5 rings (SSSR count). The molecule has 5 fully saturated rings. The van der Waals surface area contributed by atoms with E-state index >= 15 is 0 Å². The molecule has 0 spiro atoms. The zero-order valence-corrected chi connectivity index (χ0v) is 26.3. The van der Waals surface area contributed by atoms with Gasteiger partial charge in [-0.3, -0.25) is 9.59 Å². The van der Waals surface area contributed by atoms with Crippen molar-refractivity contribution in [3.05, 3.63) is 0 Å². The largest absolute Gasteiger partial charge is 0.480 e. The van der Waals surface area contributed by atoms with E-state index in [1.807, 2.05) is 0 Å². The second-order valence-corrected chi connectivity index (χ2v) is 15.1. The molecule has 13 heteroatoms. The first-order valence-electron chi connectivity index (χ1n) is 16.5. The Kier molecular flexibility index (Phi) is 9.93. The van der Waals surface area contributed by atoms with Gasteiger partial charge in [0.2, 0.25) is 5.91 Å². The lowest BCUT2D eigenvalue weighted by atomic mass is 9.43. The number of carboxylic acid groups (broad SMARTS) is 2. The van der Waals surface area contributed by atoms with Gasteiger partial charge in [0.25, 0.3) is 0 Å². The zero-order valence-electron chi connectivity index (χ0n) is 26.3. The van der Waals surface area contributed by atoms with Gasteiger partial charge in [-0.25, -0.2) is 4.79 Å². The average molecular weight is 642 g/mol. The lowest BCUT2D eigenvalue weighted by molar-refractivity contribution is -0.310. The molecule has 13 nitrogen and oxygen atoms in total. The molecule has 8 N–H and O–H groups in total. The van der Waals surface area contributed by atoms with Crippen LogP contribution in [0.25, 0.3) is 0 Å². The number of nitrogens with one attached hydrogen (secondary N) is 1. The van der Waals surface area contributed by atoms with Gasteiger partial charge in [-0.15, -0.1) is 0 Å². The van der Waals surface area contributed by atoms with Crippen molar-refractivity contribution in [2.75, 3.05) is 6.54 Å². The highest BCUT2D eigenvalue weighted by atomic mass is 16.7. The highest BCUT2D eigenvalue weighted by molar-refractivity contribution is 5.81. The molecule has 0 radical (unpaired) electrons. The zero-order chi connectivity index (χ0) is 33.0. The minimum atomic E-state index is -1.79. The van der Waals surface area contributed by atoms with Gasteiger partial charge in [0, 0.05) is 6.42 Å². The van der Waals surface area contributed by atoms with Crippen molar-refractivity contribution in [3.8, 4) is 0 Å². The molecule has 0 aromatic rings. The first-order chi connectivity index (χ1) is 21.1. The van der Waals surface area contributed by atoms with E-state index in [2.05, 4.69) is 26.1 Å². The average Bonchev–Trinajstić information content (AvgIpc) is 3.34. The van der Waals surface area contributed by atoms with E-state index in [4.69, 9.17) is 14.6 Å². The molecule has 1 amide bonds. The number of fused-ring (bicyclic) bond motifs is 5. The number of aliphatic hydroxyl groups excluding tert-OH is 5. The van der Waals surface area contributed by atoms with Crippen LogP contribution in [0.1, 0.15) is 78.6 Å². The van der Waals surface area contributed by atoms with Crippen molar-refractivity contribution in [1.82, 2.24) is 5.32 Å². The number of hydrogen-bond donors (Lipinski definition) is 8. The lowest BCUT2D eigenvalue weighted by Crippen LogP contribution is -2.63. The summed E-state index contributed by atoms with van der Waals surface area (Å²) in [4.78, 5) is 34.5. The summed E-state index contributed by atoms with van der Waals surface area (Å²) >= 11 is 0. The van der Waals surface area contributed by atoms with E-state index < -0.39 is 72.9 Å². The Morgan fingerprint density at radius 1 is 0.933 bits per heavy atom. The van der Waals surface area contributed by atoms with Gasteiger partial charge in [0.1, 0.15) is 24.9 Å². The minimum absolute atomic E-state index is 0.0182. The van der Waals surface area contributed by atoms with Gasteiger partial charge in [-0.2, -0.15) is 0 Å². The number of ether oxygens (including phenoxy) is 2. The van der Waals surface area contributed by atoms with Crippen LogP contribution in [0, 0.1) is 46.3 Å². The third-order valence-electron chi connectivity index (χ3n) is 12.9. The van der Waals surface area contributed by atoms with Crippen molar-refractivity contribution in [2.24, 2.45) is 46.3 Å². The third kappa shape index (κ3) is 6.14. The second-order valence-electron chi connectivity index (χ2n) is 15.1. The molecule has 1 saturated heterocycles. The maximum absolute atomic E-state index is 12.2. The summed E-state index contributed by atoms with van der Waals surface area (Å²) < 4.78 is 11.4. The summed E-state index contributed by atoms with van der Waals surface area (Å²) in [6.45, 7) is 6.08. The normalized spacial score (nSPS) is 48.4. The summed E-state index contributed by atoms with van der Waals surface area (Å²) in [5.41, 5.74) is -0.591. The molecule has 1 unspecified atom stereocenters. The first kappa shape index (κ1) is 34.5. The maximum atomic E-state index is 12.2. The predicted octanol–water partition coefficient (Wildman–Crippen LogP) is 0.481. The number of amides is 1. The number of carbonyl (C=O) groups excluding carboxylic acids is 1. The minimum Gasteiger partial charge on any atom is -0.480 e. The molecule has 4 saturated carbocycles. The summed E-state index contributed by atoms with van der Waals surface area (Å²) in [6.07, 6.45) is -4.28. The fourth-order valence-electron chi connectivity index (χ4n) is 10.4. The Hall–Kier alpha value is -1.87. The molecule has 5 aliphatic rings. The molecule has 1 aliphatic heterocycles. The number of carbonyl (C=O) groups is 3. The van der Waals surface area contributed by atoms with Crippen LogP contribution in [-0.2, 0) is 23.9 Å². The number of carboxylic acids is 2. The number of aliphatic carboxylic acids is 2. The van der Waals surface area contributed by atoms with Gasteiger partial charge in [-0.05, 0) is 97.7 Å². The van der Waals surface area contributed by atoms with E-state index in [1.54, 1.807) is 0 Å². The molecule has 0 bridgehead atoms. The molecule has 0 aromatic carbocycles. The summed E-state index contributed by atoms with van der Waals surface area (Å²) in [5.74, 6) is -2.28. The van der Waals surface area contributed by atoms with Gasteiger partial charge in [0.05, 0.1) is 18.3 Å². The monoisotopic (exact) mass is 641 g/mol. The van der Waals surface area contributed by atoms with Crippen molar-refractivity contribution >= 4 is 17.8 Å². The van der Waals surface area contributed by atoms with Crippen molar-refractivity contribution in [1.29, 1.82) is 0 Å². The SMILES string of the molecule is C[C@H](CCC(=O)NCC(=O)O)C1CC[C@H]2[C@@H]3[C@H](O)C[C@@H]4C[C@H](O[C@@H]5O[C@H](C(=O)O)[C@@H](O)[C@H](O)[C@H]5O)CC[C@]4(C)[C@H]3C[C@H](O)[C@]12C. The second kappa shape index (κ2) is 13.0. The molecular formula is C32H51NO12. The first-order valence-corrected chi connectivity index (χ1v) is 16.5. The Labute approximate surface area is 263 Å². The van der Waals surface area contributed by atoms with E-state index in [0.29, 0.717) is 32.1 Å². The molecule has 0 aromatic heterocycles. The Balaban J connectivity index is 1.25. The van der Waals surface area contributed by atoms with E-state index in [9.17, 15) is 45.0 Å². The number of rotatable bonds is 9. The van der Waals surface area contributed by atoms with Crippen LogP contribution in [0.4, 0.5) is 0 Å². The third-order valence-corrected chi connectivity index (χ3v) is 12.9. The topological polar surface area (TPSA) is 223 Å². The lowest BCUT2D eigenvalue weighted by Gasteiger charge is -2.63. The highest BCUT2D eigenvalue weighted by Gasteiger charge is 2.66. The fourth-order valence-corrected chi connectivity index (χ4v) is 10.4. The molecule has 1 heterocycles. The highest BCUT2D eigenvalue weighted by Crippen LogP contribution is 2.68. The molecule has 16 atom stereocenters. The quantitative estimate of drug-likeness (QED) is 0.161. The molecule has 4 aliphatic carbocycles. The van der Waals surface area contributed by atoms with Gasteiger partial charge in [0.15, 0.2) is 12.4 Å². The molecule has 256 valence electrons. The number of hydrogen-bond acceptors (Lipinski definition) is 10. The smallest absolute Gasteiger partial charge is 0.335 e. The van der Waals surface area contributed by atoms with Crippen molar-refractivity contribution in [3.63, 3.8) is 0 Å². The van der Waals surface area contributed by atoms with Crippen LogP contribution >= 0.6 is 0 Å². The Morgan fingerprint density at radius 2 is 1.64 bits per heavy atom. The summed E-state index contributed by atoms with van der Waals surface area (Å²) in [7, 11) is 0.